The first-order valence-electron chi connectivity index (χ1n) is 6.40. The smallest absolute Gasteiger partial charge is 0.334 e. The van der Waals surface area contributed by atoms with E-state index in [1.165, 1.54) is 7.11 Å². The van der Waals surface area contributed by atoms with Crippen molar-refractivity contribution in [3.63, 3.8) is 0 Å². The number of methoxy groups -OCH3 is 1. The molecule has 6 nitrogen and oxygen atoms in total. The summed E-state index contributed by atoms with van der Waals surface area (Å²) in [5.41, 5.74) is 0.662. The molecule has 0 radical (unpaired) electrons. The monoisotopic (exact) mass is 288 g/mol. The number of fused-ring (bicyclic) bond motifs is 1. The predicted molar refractivity (Wildman–Crippen MR) is 79.4 cm³/mol. The molecule has 21 heavy (non-hydrogen) atoms. The summed E-state index contributed by atoms with van der Waals surface area (Å²) in [4.78, 5) is 22.6. The second-order valence-corrected chi connectivity index (χ2v) is 4.42. The lowest BCUT2D eigenvalue weighted by atomic mass is 10.1. The number of anilines is 1. The third-order valence-corrected chi connectivity index (χ3v) is 3.05. The third-order valence-electron chi connectivity index (χ3n) is 3.05. The first kappa shape index (κ1) is 14.8. The molecule has 3 N–H and O–H groups in total. The number of hydrogen-bond donors (Lipinski definition) is 3. The van der Waals surface area contributed by atoms with Crippen LogP contribution >= 0.6 is 0 Å². The maximum Gasteiger partial charge on any atom is 0.334 e. The van der Waals surface area contributed by atoms with E-state index in [0.717, 1.165) is 10.8 Å². The molecule has 2 rings (SSSR count). The van der Waals surface area contributed by atoms with Crippen molar-refractivity contribution >= 4 is 28.5 Å². The zero-order valence-electron chi connectivity index (χ0n) is 11.5. The van der Waals surface area contributed by atoms with Crippen molar-refractivity contribution in [1.29, 1.82) is 0 Å². The Morgan fingerprint density at radius 1 is 1.19 bits per heavy atom. The summed E-state index contributed by atoms with van der Waals surface area (Å²) in [5.74, 6) is -1.12. The van der Waals surface area contributed by atoms with E-state index in [2.05, 4.69) is 10.6 Å². The molecular formula is C15H16N2O4. The normalized spacial score (nSPS) is 11.9. The van der Waals surface area contributed by atoms with Gasteiger partial charge in [-0.2, -0.15) is 0 Å². The van der Waals surface area contributed by atoms with Gasteiger partial charge in [0.2, 0.25) is 0 Å². The minimum atomic E-state index is -1.12. The van der Waals surface area contributed by atoms with Crippen LogP contribution in [0, 0.1) is 0 Å². The van der Waals surface area contributed by atoms with Crippen LogP contribution in [0.2, 0.25) is 0 Å². The quantitative estimate of drug-likeness (QED) is 0.786. The van der Waals surface area contributed by atoms with Gasteiger partial charge in [-0.3, -0.25) is 0 Å². The third kappa shape index (κ3) is 3.70. The fourth-order valence-corrected chi connectivity index (χ4v) is 1.96. The van der Waals surface area contributed by atoms with Crippen molar-refractivity contribution < 1.29 is 19.4 Å². The van der Waals surface area contributed by atoms with E-state index < -0.39 is 18.1 Å². The summed E-state index contributed by atoms with van der Waals surface area (Å²) >= 11 is 0. The fraction of sp³-hybridized carbons (Fsp3) is 0.200. The van der Waals surface area contributed by atoms with Crippen LogP contribution in [0.15, 0.2) is 42.5 Å². The van der Waals surface area contributed by atoms with Crippen LogP contribution in [0.1, 0.15) is 0 Å². The molecule has 0 aliphatic heterocycles. The SMILES string of the molecule is COC(CNC(=O)Nc1cccc2ccccc12)C(=O)O. The maximum atomic E-state index is 11.8. The van der Waals surface area contributed by atoms with E-state index in [0.29, 0.717) is 5.69 Å². The summed E-state index contributed by atoms with van der Waals surface area (Å²) in [5, 5.41) is 15.9. The summed E-state index contributed by atoms with van der Waals surface area (Å²) < 4.78 is 4.74. The molecule has 2 amide bonds. The average Bonchev–Trinajstić information content (AvgIpc) is 2.48. The van der Waals surface area contributed by atoms with E-state index in [-0.39, 0.29) is 6.54 Å². The van der Waals surface area contributed by atoms with Crippen molar-refractivity contribution in [3.8, 4) is 0 Å². The Bertz CT molecular complexity index is 652. The minimum Gasteiger partial charge on any atom is -0.479 e. The molecule has 1 unspecified atom stereocenters. The van der Waals surface area contributed by atoms with Gasteiger partial charge in [0.1, 0.15) is 0 Å². The van der Waals surface area contributed by atoms with E-state index in [9.17, 15) is 9.59 Å². The number of amides is 2. The topological polar surface area (TPSA) is 87.7 Å². The highest BCUT2D eigenvalue weighted by Crippen LogP contribution is 2.22. The van der Waals surface area contributed by atoms with Crippen LogP contribution < -0.4 is 10.6 Å². The molecule has 0 fully saturated rings. The molecule has 2 aromatic rings. The number of hydrogen-bond acceptors (Lipinski definition) is 3. The van der Waals surface area contributed by atoms with Crippen molar-refractivity contribution in [3.05, 3.63) is 42.5 Å². The molecule has 0 aliphatic rings. The predicted octanol–water partition coefficient (Wildman–Crippen LogP) is 2.06. The van der Waals surface area contributed by atoms with Crippen molar-refractivity contribution in [2.24, 2.45) is 0 Å². The maximum absolute atomic E-state index is 11.8. The number of carboxylic acids is 1. The average molecular weight is 288 g/mol. The van der Waals surface area contributed by atoms with Gasteiger partial charge in [0, 0.05) is 12.5 Å². The van der Waals surface area contributed by atoms with Crippen LogP contribution in [-0.2, 0) is 9.53 Å². The summed E-state index contributed by atoms with van der Waals surface area (Å²) in [6.07, 6.45) is -1.07. The van der Waals surface area contributed by atoms with E-state index >= 15 is 0 Å². The first-order valence-corrected chi connectivity index (χ1v) is 6.40. The van der Waals surface area contributed by atoms with Gasteiger partial charge in [0.25, 0.3) is 0 Å². The van der Waals surface area contributed by atoms with E-state index in [1.54, 1.807) is 6.07 Å². The van der Waals surface area contributed by atoms with Crippen LogP contribution in [0.4, 0.5) is 10.5 Å². The number of ether oxygens (including phenoxy) is 1. The van der Waals surface area contributed by atoms with Gasteiger partial charge in [-0.05, 0) is 11.5 Å². The van der Waals surface area contributed by atoms with Crippen LogP contribution in [0.5, 0.6) is 0 Å². The standard InChI is InChI=1S/C15H16N2O4/c1-21-13(14(18)19)9-16-15(20)17-12-8-4-6-10-5-2-3-7-11(10)12/h2-8,13H,9H2,1H3,(H,18,19)(H2,16,17,20). The van der Waals surface area contributed by atoms with Crippen LogP contribution in [0.3, 0.4) is 0 Å². The molecule has 0 saturated carbocycles. The Hall–Kier alpha value is -2.60. The Labute approximate surface area is 121 Å². The Balaban J connectivity index is 2.03. The second kappa shape index (κ2) is 6.71. The zero-order chi connectivity index (χ0) is 15.2. The summed E-state index contributed by atoms with van der Waals surface area (Å²) in [6.45, 7) is -0.109. The lowest BCUT2D eigenvalue weighted by Crippen LogP contribution is -2.39. The van der Waals surface area contributed by atoms with E-state index in [4.69, 9.17) is 9.84 Å². The molecule has 0 heterocycles. The van der Waals surface area contributed by atoms with Gasteiger partial charge < -0.3 is 20.5 Å². The van der Waals surface area contributed by atoms with Crippen molar-refractivity contribution in [2.75, 3.05) is 19.0 Å². The van der Waals surface area contributed by atoms with Gasteiger partial charge in [-0.15, -0.1) is 0 Å². The number of carbonyl (C=O) groups excluding carboxylic acids is 1. The summed E-state index contributed by atoms with van der Waals surface area (Å²) in [7, 11) is 1.28. The molecule has 0 aliphatic carbocycles. The molecule has 2 aromatic carbocycles. The minimum absolute atomic E-state index is 0.109. The molecule has 0 aromatic heterocycles. The number of rotatable bonds is 5. The fourth-order valence-electron chi connectivity index (χ4n) is 1.96. The van der Waals surface area contributed by atoms with Gasteiger partial charge >= 0.3 is 12.0 Å². The number of nitrogens with one attached hydrogen (secondary N) is 2. The Morgan fingerprint density at radius 3 is 2.62 bits per heavy atom. The van der Waals surface area contributed by atoms with Crippen molar-refractivity contribution in [2.45, 2.75) is 6.10 Å². The molecule has 6 heteroatoms. The molecule has 0 bridgehead atoms. The second-order valence-electron chi connectivity index (χ2n) is 4.42. The van der Waals surface area contributed by atoms with E-state index in [1.807, 2.05) is 36.4 Å². The van der Waals surface area contributed by atoms with Crippen molar-refractivity contribution in [1.82, 2.24) is 5.32 Å². The number of carbonyl (C=O) groups is 2. The van der Waals surface area contributed by atoms with Gasteiger partial charge in [0.15, 0.2) is 6.10 Å². The molecular weight excluding hydrogens is 272 g/mol. The molecule has 0 saturated heterocycles. The molecule has 110 valence electrons. The van der Waals surface area contributed by atoms with Crippen LogP contribution in [-0.4, -0.2) is 36.9 Å². The molecule has 0 spiro atoms. The number of aliphatic carboxylic acids is 1. The Morgan fingerprint density at radius 2 is 1.90 bits per heavy atom. The first-order chi connectivity index (χ1) is 10.1. The van der Waals surface area contributed by atoms with Crippen LogP contribution in [0.25, 0.3) is 10.8 Å². The lowest BCUT2D eigenvalue weighted by Gasteiger charge is -2.13. The van der Waals surface area contributed by atoms with Gasteiger partial charge in [-0.25, -0.2) is 9.59 Å². The zero-order valence-corrected chi connectivity index (χ0v) is 11.5. The van der Waals surface area contributed by atoms with Gasteiger partial charge in [0.05, 0.1) is 12.2 Å². The summed E-state index contributed by atoms with van der Waals surface area (Å²) in [6, 6.07) is 12.8. The largest absolute Gasteiger partial charge is 0.479 e. The lowest BCUT2D eigenvalue weighted by molar-refractivity contribution is -0.147. The number of benzene rings is 2. The highest BCUT2D eigenvalue weighted by molar-refractivity contribution is 6.01. The van der Waals surface area contributed by atoms with Gasteiger partial charge in [-0.1, -0.05) is 36.4 Å². The highest BCUT2D eigenvalue weighted by atomic mass is 16.5. The Kier molecular flexibility index (Phi) is 4.73. The highest BCUT2D eigenvalue weighted by Gasteiger charge is 2.17. The molecule has 1 atom stereocenters. The number of urea groups is 1. The number of carboxylic acid groups (broad SMARTS) is 1.